The number of piperazine rings is 1. The van der Waals surface area contributed by atoms with E-state index in [0.717, 1.165) is 57.3 Å². The average Bonchev–Trinajstić information content (AvgIpc) is 3.25. The monoisotopic (exact) mass is 455 g/mol. The van der Waals surface area contributed by atoms with Crippen LogP contribution in [0.5, 0.6) is 11.5 Å². The van der Waals surface area contributed by atoms with Crippen molar-refractivity contribution in [1.29, 1.82) is 0 Å². The quantitative estimate of drug-likeness (QED) is 0.534. The SMILES string of the molecule is c1ccc(CN2CC(CCN3CCN(c4cccc5c4OCCO5)CC3)c3ccccc32)cc1. The lowest BCUT2D eigenvalue weighted by molar-refractivity contribution is 0.171. The molecule has 6 rings (SSSR count). The van der Waals surface area contributed by atoms with Crippen molar-refractivity contribution >= 4 is 11.4 Å². The molecule has 176 valence electrons. The number of anilines is 2. The first-order valence-corrected chi connectivity index (χ1v) is 12.6. The van der Waals surface area contributed by atoms with E-state index in [4.69, 9.17) is 9.47 Å². The van der Waals surface area contributed by atoms with Gasteiger partial charge in [-0.1, -0.05) is 54.6 Å². The van der Waals surface area contributed by atoms with Gasteiger partial charge in [0.2, 0.25) is 0 Å². The Hall–Kier alpha value is -3.18. The number of hydrogen-bond donors (Lipinski definition) is 0. The fourth-order valence-electron chi connectivity index (χ4n) is 5.64. The van der Waals surface area contributed by atoms with Gasteiger partial charge in [0, 0.05) is 50.9 Å². The number of fused-ring (bicyclic) bond motifs is 2. The summed E-state index contributed by atoms with van der Waals surface area (Å²) in [6.45, 7) is 8.76. The highest BCUT2D eigenvalue weighted by Gasteiger charge is 2.29. The predicted molar refractivity (Wildman–Crippen MR) is 137 cm³/mol. The highest BCUT2D eigenvalue weighted by molar-refractivity contribution is 5.65. The van der Waals surface area contributed by atoms with Crippen LogP contribution in [0.2, 0.25) is 0 Å². The normalized spacial score (nSPS) is 19.8. The minimum absolute atomic E-state index is 0.602. The molecule has 5 heteroatoms. The van der Waals surface area contributed by atoms with E-state index >= 15 is 0 Å². The first-order valence-electron chi connectivity index (χ1n) is 12.6. The summed E-state index contributed by atoms with van der Waals surface area (Å²) in [4.78, 5) is 7.65. The van der Waals surface area contributed by atoms with Crippen LogP contribution in [0.1, 0.15) is 23.5 Å². The van der Waals surface area contributed by atoms with E-state index in [2.05, 4.69) is 81.4 Å². The molecule has 0 spiro atoms. The van der Waals surface area contributed by atoms with Crippen LogP contribution < -0.4 is 19.3 Å². The van der Waals surface area contributed by atoms with Gasteiger partial charge in [0.1, 0.15) is 13.2 Å². The first kappa shape index (κ1) is 21.4. The van der Waals surface area contributed by atoms with Crippen LogP contribution in [0.3, 0.4) is 0 Å². The Morgan fingerprint density at radius 3 is 2.38 bits per heavy atom. The lowest BCUT2D eigenvalue weighted by Crippen LogP contribution is -2.47. The van der Waals surface area contributed by atoms with Crippen molar-refractivity contribution in [2.75, 3.05) is 62.3 Å². The van der Waals surface area contributed by atoms with E-state index in [9.17, 15) is 0 Å². The number of nitrogens with zero attached hydrogens (tertiary/aromatic N) is 3. The molecule has 0 aromatic heterocycles. The molecule has 1 unspecified atom stereocenters. The maximum Gasteiger partial charge on any atom is 0.184 e. The zero-order chi connectivity index (χ0) is 22.7. The number of benzene rings is 3. The fourth-order valence-corrected chi connectivity index (χ4v) is 5.64. The minimum Gasteiger partial charge on any atom is -0.486 e. The Balaban J connectivity index is 1.06. The first-order chi connectivity index (χ1) is 16.8. The van der Waals surface area contributed by atoms with Crippen LogP contribution >= 0.6 is 0 Å². The third-order valence-corrected chi connectivity index (χ3v) is 7.43. The van der Waals surface area contributed by atoms with Gasteiger partial charge in [-0.2, -0.15) is 0 Å². The van der Waals surface area contributed by atoms with Crippen molar-refractivity contribution in [2.24, 2.45) is 0 Å². The maximum atomic E-state index is 5.95. The molecule has 1 fully saturated rings. The fraction of sp³-hybridized carbons (Fsp3) is 0.379. The van der Waals surface area contributed by atoms with Crippen molar-refractivity contribution in [2.45, 2.75) is 18.9 Å². The standard InChI is InChI=1S/C29H33N3O2/c1-2-7-23(8-3-1)21-32-22-24(25-9-4-5-10-26(25)32)13-14-30-15-17-31(18-16-30)27-11-6-12-28-29(27)34-20-19-33-28/h1-12,24H,13-22H2. The largest absolute Gasteiger partial charge is 0.486 e. The Bertz CT molecular complexity index is 1110. The van der Waals surface area contributed by atoms with Crippen LogP contribution in [0, 0.1) is 0 Å². The van der Waals surface area contributed by atoms with E-state index in [1.165, 1.54) is 28.9 Å². The second-order valence-corrected chi connectivity index (χ2v) is 9.54. The Kier molecular flexibility index (Phi) is 6.02. The molecule has 0 amide bonds. The molecule has 0 bridgehead atoms. The molecule has 0 saturated carbocycles. The molecule has 0 aliphatic carbocycles. The van der Waals surface area contributed by atoms with Crippen LogP contribution in [0.25, 0.3) is 0 Å². The van der Waals surface area contributed by atoms with Crippen molar-refractivity contribution in [1.82, 2.24) is 4.90 Å². The van der Waals surface area contributed by atoms with Crippen molar-refractivity contribution in [3.63, 3.8) is 0 Å². The van der Waals surface area contributed by atoms with Gasteiger partial charge in [-0.15, -0.1) is 0 Å². The highest BCUT2D eigenvalue weighted by Crippen LogP contribution is 2.41. The molecule has 1 saturated heterocycles. The molecule has 0 radical (unpaired) electrons. The summed E-state index contributed by atoms with van der Waals surface area (Å²) < 4.78 is 11.7. The molecule has 3 aromatic rings. The molecular weight excluding hydrogens is 422 g/mol. The predicted octanol–water partition coefficient (Wildman–Crippen LogP) is 4.77. The van der Waals surface area contributed by atoms with E-state index < -0.39 is 0 Å². The molecule has 34 heavy (non-hydrogen) atoms. The smallest absolute Gasteiger partial charge is 0.184 e. The maximum absolute atomic E-state index is 5.95. The highest BCUT2D eigenvalue weighted by atomic mass is 16.6. The lowest BCUT2D eigenvalue weighted by atomic mass is 9.97. The summed E-state index contributed by atoms with van der Waals surface area (Å²) in [5.74, 6) is 2.40. The van der Waals surface area contributed by atoms with E-state index in [0.29, 0.717) is 19.1 Å². The summed E-state index contributed by atoms with van der Waals surface area (Å²) in [6.07, 6.45) is 1.21. The van der Waals surface area contributed by atoms with E-state index in [1.807, 2.05) is 6.07 Å². The van der Waals surface area contributed by atoms with Crippen molar-refractivity contribution in [3.05, 3.63) is 83.9 Å². The lowest BCUT2D eigenvalue weighted by Gasteiger charge is -2.37. The topological polar surface area (TPSA) is 28.2 Å². The third-order valence-electron chi connectivity index (χ3n) is 7.43. The second-order valence-electron chi connectivity index (χ2n) is 9.54. The zero-order valence-corrected chi connectivity index (χ0v) is 19.7. The molecule has 3 aliphatic heterocycles. The van der Waals surface area contributed by atoms with Gasteiger partial charge in [-0.3, -0.25) is 4.90 Å². The van der Waals surface area contributed by atoms with E-state index in [-0.39, 0.29) is 0 Å². The molecule has 3 aliphatic rings. The summed E-state index contributed by atoms with van der Waals surface area (Å²) in [5, 5.41) is 0. The van der Waals surface area contributed by atoms with Crippen LogP contribution in [0.15, 0.2) is 72.8 Å². The molecule has 3 heterocycles. The number of ether oxygens (including phenoxy) is 2. The number of para-hydroxylation sites is 2. The minimum atomic E-state index is 0.602. The van der Waals surface area contributed by atoms with Gasteiger partial charge in [-0.25, -0.2) is 0 Å². The van der Waals surface area contributed by atoms with Gasteiger partial charge < -0.3 is 19.3 Å². The molecular formula is C29H33N3O2. The zero-order valence-electron chi connectivity index (χ0n) is 19.7. The Morgan fingerprint density at radius 1 is 0.735 bits per heavy atom. The molecule has 1 atom stereocenters. The molecule has 5 nitrogen and oxygen atoms in total. The van der Waals surface area contributed by atoms with Gasteiger partial charge in [0.25, 0.3) is 0 Å². The van der Waals surface area contributed by atoms with E-state index in [1.54, 1.807) is 0 Å². The van der Waals surface area contributed by atoms with Crippen LogP contribution in [0.4, 0.5) is 11.4 Å². The third kappa shape index (κ3) is 4.32. The summed E-state index contributed by atoms with van der Waals surface area (Å²) >= 11 is 0. The van der Waals surface area contributed by atoms with Crippen LogP contribution in [-0.4, -0.2) is 57.4 Å². The second kappa shape index (κ2) is 9.59. The Labute approximate surface area is 202 Å². The van der Waals surface area contributed by atoms with Crippen molar-refractivity contribution in [3.8, 4) is 11.5 Å². The Morgan fingerprint density at radius 2 is 1.50 bits per heavy atom. The summed E-state index contributed by atoms with van der Waals surface area (Å²) in [6, 6.07) is 26.1. The van der Waals surface area contributed by atoms with Gasteiger partial charge in [0.15, 0.2) is 11.5 Å². The van der Waals surface area contributed by atoms with Crippen molar-refractivity contribution < 1.29 is 9.47 Å². The van der Waals surface area contributed by atoms with Crippen LogP contribution in [-0.2, 0) is 6.54 Å². The number of hydrogen-bond acceptors (Lipinski definition) is 5. The molecule has 0 N–H and O–H groups in total. The van der Waals surface area contributed by atoms with Gasteiger partial charge in [-0.05, 0) is 42.3 Å². The summed E-state index contributed by atoms with van der Waals surface area (Å²) in [5.41, 5.74) is 5.49. The van der Waals surface area contributed by atoms with Gasteiger partial charge >= 0.3 is 0 Å². The summed E-state index contributed by atoms with van der Waals surface area (Å²) in [7, 11) is 0. The molecule has 3 aromatic carbocycles. The van der Waals surface area contributed by atoms with Gasteiger partial charge in [0.05, 0.1) is 5.69 Å². The number of rotatable bonds is 6. The average molecular weight is 456 g/mol.